The van der Waals surface area contributed by atoms with E-state index < -0.39 is 10.0 Å². The Morgan fingerprint density at radius 3 is 2.25 bits per heavy atom. The summed E-state index contributed by atoms with van der Waals surface area (Å²) in [4.78, 5) is 13.9. The summed E-state index contributed by atoms with van der Waals surface area (Å²) in [5.74, 6) is 0.726. The second kappa shape index (κ2) is 8.48. The molecule has 0 radical (unpaired) electrons. The van der Waals surface area contributed by atoms with Crippen LogP contribution in [0.5, 0.6) is 5.75 Å². The Hall–Kier alpha value is -1.60. The van der Waals surface area contributed by atoms with Gasteiger partial charge in [0.05, 0.1) is 5.75 Å². The third-order valence-electron chi connectivity index (χ3n) is 4.14. The predicted molar refractivity (Wildman–Crippen MR) is 93.5 cm³/mol. The molecule has 1 aromatic rings. The second-order valence-corrected chi connectivity index (χ2v) is 7.97. The van der Waals surface area contributed by atoms with Gasteiger partial charge in [-0.3, -0.25) is 4.79 Å². The van der Waals surface area contributed by atoms with Crippen LogP contribution in [0.15, 0.2) is 24.3 Å². The highest BCUT2D eigenvalue weighted by Crippen LogP contribution is 2.13. The van der Waals surface area contributed by atoms with Gasteiger partial charge in [-0.1, -0.05) is 26.0 Å². The molecule has 24 heavy (non-hydrogen) atoms. The molecule has 1 saturated heterocycles. The molecular formula is C17H26N2O4S. The second-order valence-electron chi connectivity index (χ2n) is 5.88. The van der Waals surface area contributed by atoms with Crippen molar-refractivity contribution in [3.8, 4) is 5.75 Å². The molecular weight excluding hydrogens is 328 g/mol. The molecule has 1 fully saturated rings. The molecule has 1 aromatic carbocycles. The van der Waals surface area contributed by atoms with E-state index in [4.69, 9.17) is 4.74 Å². The standard InChI is InChI=1S/C17H26N2O4S/c1-3-13-24(21,22)19-11-9-18(10-12-19)17(20)14-23-16-7-5-15(4-2)6-8-16/h5-8H,3-4,9-14H2,1-2H3. The average Bonchev–Trinajstić information content (AvgIpc) is 2.60. The Kier molecular flexibility index (Phi) is 6.62. The van der Waals surface area contributed by atoms with Crippen molar-refractivity contribution in [1.82, 2.24) is 9.21 Å². The van der Waals surface area contributed by atoms with Gasteiger partial charge in [-0.25, -0.2) is 8.42 Å². The molecule has 7 heteroatoms. The lowest BCUT2D eigenvalue weighted by Crippen LogP contribution is -2.52. The van der Waals surface area contributed by atoms with Crippen LogP contribution in [0.25, 0.3) is 0 Å². The van der Waals surface area contributed by atoms with Gasteiger partial charge in [0, 0.05) is 26.2 Å². The number of rotatable bonds is 7. The van der Waals surface area contributed by atoms with E-state index in [1.807, 2.05) is 31.2 Å². The quantitative estimate of drug-likeness (QED) is 0.744. The van der Waals surface area contributed by atoms with E-state index in [0.29, 0.717) is 38.3 Å². The first kappa shape index (κ1) is 18.7. The van der Waals surface area contributed by atoms with Crippen molar-refractivity contribution in [2.24, 2.45) is 0 Å². The van der Waals surface area contributed by atoms with Gasteiger partial charge in [0.25, 0.3) is 5.91 Å². The maximum atomic E-state index is 12.2. The summed E-state index contributed by atoms with van der Waals surface area (Å²) in [6, 6.07) is 7.69. The van der Waals surface area contributed by atoms with Crippen LogP contribution in [0.1, 0.15) is 25.8 Å². The number of hydrogen-bond donors (Lipinski definition) is 0. The summed E-state index contributed by atoms with van der Waals surface area (Å²) in [7, 11) is -3.18. The summed E-state index contributed by atoms with van der Waals surface area (Å²) >= 11 is 0. The number of aryl methyl sites for hydroxylation is 1. The summed E-state index contributed by atoms with van der Waals surface area (Å²) in [5.41, 5.74) is 1.22. The molecule has 2 rings (SSSR count). The van der Waals surface area contributed by atoms with E-state index in [1.54, 1.807) is 4.90 Å². The fourth-order valence-corrected chi connectivity index (χ4v) is 4.15. The zero-order chi connectivity index (χ0) is 17.6. The molecule has 1 aliphatic rings. The number of ether oxygens (including phenoxy) is 1. The Balaban J connectivity index is 1.80. The maximum absolute atomic E-state index is 12.2. The highest BCUT2D eigenvalue weighted by Gasteiger charge is 2.28. The molecule has 0 saturated carbocycles. The van der Waals surface area contributed by atoms with Gasteiger partial charge in [-0.2, -0.15) is 4.31 Å². The number of carbonyl (C=O) groups is 1. The molecule has 6 nitrogen and oxygen atoms in total. The van der Waals surface area contributed by atoms with Gasteiger partial charge in [0.15, 0.2) is 6.61 Å². The van der Waals surface area contributed by atoms with Gasteiger partial charge >= 0.3 is 0 Å². The van der Waals surface area contributed by atoms with Crippen molar-refractivity contribution in [3.63, 3.8) is 0 Å². The van der Waals surface area contributed by atoms with Crippen LogP contribution in [-0.4, -0.2) is 62.1 Å². The average molecular weight is 354 g/mol. The number of piperazine rings is 1. The van der Waals surface area contributed by atoms with Crippen molar-refractivity contribution in [1.29, 1.82) is 0 Å². The zero-order valence-electron chi connectivity index (χ0n) is 14.4. The van der Waals surface area contributed by atoms with Crippen LogP contribution >= 0.6 is 0 Å². The lowest BCUT2D eigenvalue weighted by atomic mass is 10.2. The van der Waals surface area contributed by atoms with Crippen molar-refractivity contribution in [3.05, 3.63) is 29.8 Å². The van der Waals surface area contributed by atoms with Crippen LogP contribution < -0.4 is 4.74 Å². The summed E-state index contributed by atoms with van der Waals surface area (Å²) in [5, 5.41) is 0. The van der Waals surface area contributed by atoms with E-state index >= 15 is 0 Å². The first-order chi connectivity index (χ1) is 11.5. The van der Waals surface area contributed by atoms with Crippen LogP contribution in [0.4, 0.5) is 0 Å². The molecule has 0 aliphatic carbocycles. The number of nitrogens with zero attached hydrogens (tertiary/aromatic N) is 2. The fraction of sp³-hybridized carbons (Fsp3) is 0.588. The molecule has 134 valence electrons. The topological polar surface area (TPSA) is 66.9 Å². The van der Waals surface area contributed by atoms with E-state index in [2.05, 4.69) is 6.92 Å². The van der Waals surface area contributed by atoms with E-state index in [-0.39, 0.29) is 18.3 Å². The third-order valence-corrected chi connectivity index (χ3v) is 6.22. The molecule has 0 bridgehead atoms. The van der Waals surface area contributed by atoms with E-state index in [9.17, 15) is 13.2 Å². The Labute approximate surface area is 144 Å². The first-order valence-electron chi connectivity index (χ1n) is 8.43. The molecule has 0 aromatic heterocycles. The molecule has 0 N–H and O–H groups in total. The summed E-state index contributed by atoms with van der Waals surface area (Å²) in [6.07, 6.45) is 1.57. The predicted octanol–water partition coefficient (Wildman–Crippen LogP) is 1.51. The highest BCUT2D eigenvalue weighted by atomic mass is 32.2. The third kappa shape index (κ3) is 4.95. The molecule has 0 atom stereocenters. The minimum absolute atomic E-state index is 0.0207. The lowest BCUT2D eigenvalue weighted by molar-refractivity contribution is -0.134. The number of hydrogen-bond acceptors (Lipinski definition) is 4. The number of benzene rings is 1. The van der Waals surface area contributed by atoms with Crippen molar-refractivity contribution in [2.75, 3.05) is 38.5 Å². The van der Waals surface area contributed by atoms with Crippen LogP contribution in [0.2, 0.25) is 0 Å². The minimum atomic E-state index is -3.18. The number of amides is 1. The molecule has 0 spiro atoms. The van der Waals surface area contributed by atoms with Gasteiger partial charge in [0.1, 0.15) is 5.75 Å². The monoisotopic (exact) mass is 354 g/mol. The van der Waals surface area contributed by atoms with Gasteiger partial charge < -0.3 is 9.64 Å². The molecule has 0 unspecified atom stereocenters. The Morgan fingerprint density at radius 1 is 1.08 bits per heavy atom. The SMILES string of the molecule is CCCS(=O)(=O)N1CCN(C(=O)COc2ccc(CC)cc2)CC1. The fourth-order valence-electron chi connectivity index (χ4n) is 2.66. The van der Waals surface area contributed by atoms with E-state index in [0.717, 1.165) is 6.42 Å². The smallest absolute Gasteiger partial charge is 0.260 e. The van der Waals surface area contributed by atoms with Crippen molar-refractivity contribution >= 4 is 15.9 Å². The largest absolute Gasteiger partial charge is 0.484 e. The number of sulfonamides is 1. The van der Waals surface area contributed by atoms with Gasteiger partial charge in [-0.15, -0.1) is 0 Å². The first-order valence-corrected chi connectivity index (χ1v) is 10.0. The van der Waals surface area contributed by atoms with Crippen LogP contribution in [0, 0.1) is 0 Å². The zero-order valence-corrected chi connectivity index (χ0v) is 15.2. The summed E-state index contributed by atoms with van der Waals surface area (Å²) < 4.78 is 31.1. The van der Waals surface area contributed by atoms with Crippen LogP contribution in [-0.2, 0) is 21.2 Å². The molecule has 1 aliphatic heterocycles. The Bertz CT molecular complexity index is 635. The van der Waals surface area contributed by atoms with Crippen molar-refractivity contribution < 1.29 is 17.9 Å². The van der Waals surface area contributed by atoms with Gasteiger partial charge in [-0.05, 0) is 30.5 Å². The van der Waals surface area contributed by atoms with Gasteiger partial charge in [0.2, 0.25) is 10.0 Å². The maximum Gasteiger partial charge on any atom is 0.260 e. The highest BCUT2D eigenvalue weighted by molar-refractivity contribution is 7.89. The van der Waals surface area contributed by atoms with Crippen LogP contribution in [0.3, 0.4) is 0 Å². The number of carbonyl (C=O) groups excluding carboxylic acids is 1. The lowest BCUT2D eigenvalue weighted by Gasteiger charge is -2.33. The summed E-state index contributed by atoms with van der Waals surface area (Å²) in [6.45, 7) is 5.47. The molecule has 1 amide bonds. The van der Waals surface area contributed by atoms with E-state index in [1.165, 1.54) is 9.87 Å². The normalized spacial score (nSPS) is 16.2. The Morgan fingerprint density at radius 2 is 1.71 bits per heavy atom. The molecule has 1 heterocycles. The minimum Gasteiger partial charge on any atom is -0.484 e. The van der Waals surface area contributed by atoms with Crippen molar-refractivity contribution in [2.45, 2.75) is 26.7 Å².